The largest absolute Gasteiger partial charge is 0.481 e. The summed E-state index contributed by atoms with van der Waals surface area (Å²) in [6.07, 6.45) is 1.18. The third-order valence-corrected chi connectivity index (χ3v) is 3.22. The van der Waals surface area contributed by atoms with Crippen LogP contribution in [0.2, 0.25) is 0 Å². The van der Waals surface area contributed by atoms with E-state index < -0.39 is 21.7 Å². The van der Waals surface area contributed by atoms with Crippen LogP contribution in [0.3, 0.4) is 0 Å². The van der Waals surface area contributed by atoms with Crippen molar-refractivity contribution in [1.82, 2.24) is 4.72 Å². The fraction of sp³-hybridized carbons (Fsp3) is 0.778. The number of hydrogen-bond donors (Lipinski definition) is 2. The average molecular weight is 248 g/mol. The number of sulfonamides is 1. The van der Waals surface area contributed by atoms with Gasteiger partial charge < -0.3 is 5.11 Å². The molecular formula is C9H16N2O4S. The Morgan fingerprint density at radius 2 is 2.12 bits per heavy atom. The summed E-state index contributed by atoms with van der Waals surface area (Å²) in [5, 5.41) is 16.7. The highest BCUT2D eigenvalue weighted by Gasteiger charge is 2.10. The van der Waals surface area contributed by atoms with Gasteiger partial charge in [-0.3, -0.25) is 4.79 Å². The van der Waals surface area contributed by atoms with Crippen LogP contribution in [0.25, 0.3) is 0 Å². The van der Waals surface area contributed by atoms with Gasteiger partial charge in [0, 0.05) is 13.0 Å². The first-order valence-electron chi connectivity index (χ1n) is 4.93. The van der Waals surface area contributed by atoms with Crippen LogP contribution in [-0.4, -0.2) is 31.8 Å². The maximum Gasteiger partial charge on any atom is 0.303 e. The van der Waals surface area contributed by atoms with E-state index in [0.29, 0.717) is 12.8 Å². The second-order valence-electron chi connectivity index (χ2n) is 3.64. The number of nitrogens with zero attached hydrogens (tertiary/aromatic N) is 1. The summed E-state index contributed by atoms with van der Waals surface area (Å²) < 4.78 is 24.4. The van der Waals surface area contributed by atoms with E-state index in [4.69, 9.17) is 10.4 Å². The van der Waals surface area contributed by atoms with Gasteiger partial charge in [0.05, 0.1) is 6.07 Å². The molecule has 0 saturated carbocycles. The molecule has 0 saturated heterocycles. The molecule has 0 heterocycles. The summed E-state index contributed by atoms with van der Waals surface area (Å²) in [6.45, 7) is 2.10. The molecule has 0 aromatic heterocycles. The lowest BCUT2D eigenvalue weighted by Gasteiger charge is -2.09. The number of rotatable bonds is 8. The monoisotopic (exact) mass is 248 g/mol. The molecule has 0 rings (SSSR count). The van der Waals surface area contributed by atoms with Gasteiger partial charge >= 0.3 is 5.97 Å². The van der Waals surface area contributed by atoms with Crippen LogP contribution in [0.5, 0.6) is 0 Å². The van der Waals surface area contributed by atoms with Crippen molar-refractivity contribution in [1.29, 1.82) is 5.26 Å². The molecule has 1 atom stereocenters. The Kier molecular flexibility index (Phi) is 6.69. The van der Waals surface area contributed by atoms with Crippen LogP contribution < -0.4 is 4.72 Å². The Morgan fingerprint density at radius 3 is 2.62 bits per heavy atom. The van der Waals surface area contributed by atoms with Gasteiger partial charge in [-0.2, -0.15) is 5.26 Å². The molecule has 0 aromatic carbocycles. The standard InChI is InChI=1S/C9H16N2O4S/c1-8(2-3-9(12)13)4-6-11-16(14,15)7-5-10/h8,11H,2-4,6-7H2,1H3,(H,12,13). The zero-order valence-electron chi connectivity index (χ0n) is 9.14. The third-order valence-electron chi connectivity index (χ3n) is 2.06. The predicted octanol–water partition coefficient (Wildman–Crippen LogP) is 0.320. The minimum atomic E-state index is -3.49. The summed E-state index contributed by atoms with van der Waals surface area (Å²) in [6, 6.07) is 1.56. The lowest BCUT2D eigenvalue weighted by molar-refractivity contribution is -0.137. The van der Waals surface area contributed by atoms with Crippen molar-refractivity contribution >= 4 is 16.0 Å². The molecule has 2 N–H and O–H groups in total. The van der Waals surface area contributed by atoms with E-state index in [0.717, 1.165) is 0 Å². The van der Waals surface area contributed by atoms with Gasteiger partial charge in [0.2, 0.25) is 10.0 Å². The number of aliphatic carboxylic acids is 1. The molecule has 0 spiro atoms. The normalized spacial score (nSPS) is 13.0. The highest BCUT2D eigenvalue weighted by Crippen LogP contribution is 2.09. The molecule has 0 aliphatic rings. The molecule has 0 bridgehead atoms. The number of nitriles is 1. The Morgan fingerprint density at radius 1 is 1.50 bits per heavy atom. The van der Waals surface area contributed by atoms with Crippen molar-refractivity contribution in [3.8, 4) is 6.07 Å². The fourth-order valence-corrected chi connectivity index (χ4v) is 1.81. The molecular weight excluding hydrogens is 232 g/mol. The summed E-state index contributed by atoms with van der Waals surface area (Å²) in [7, 11) is -3.49. The summed E-state index contributed by atoms with van der Waals surface area (Å²) in [5.74, 6) is -1.26. The molecule has 0 aromatic rings. The molecule has 0 fully saturated rings. The quantitative estimate of drug-likeness (QED) is 0.643. The van der Waals surface area contributed by atoms with E-state index in [1.807, 2.05) is 6.92 Å². The lowest BCUT2D eigenvalue weighted by atomic mass is 10.0. The van der Waals surface area contributed by atoms with Crippen LogP contribution in [0.4, 0.5) is 0 Å². The first-order valence-corrected chi connectivity index (χ1v) is 6.58. The van der Waals surface area contributed by atoms with Crippen LogP contribution in [0.15, 0.2) is 0 Å². The summed E-state index contributed by atoms with van der Waals surface area (Å²) in [5.41, 5.74) is 0. The average Bonchev–Trinajstić information content (AvgIpc) is 2.14. The van der Waals surface area contributed by atoms with Gasteiger partial charge in [0.15, 0.2) is 5.75 Å². The van der Waals surface area contributed by atoms with Gasteiger partial charge in [-0.1, -0.05) is 6.92 Å². The fourth-order valence-electron chi connectivity index (χ4n) is 1.11. The lowest BCUT2D eigenvalue weighted by Crippen LogP contribution is -2.27. The van der Waals surface area contributed by atoms with Crippen LogP contribution >= 0.6 is 0 Å². The van der Waals surface area contributed by atoms with Crippen molar-refractivity contribution in [2.75, 3.05) is 12.3 Å². The molecule has 16 heavy (non-hydrogen) atoms. The maximum atomic E-state index is 11.1. The van der Waals surface area contributed by atoms with E-state index in [9.17, 15) is 13.2 Å². The van der Waals surface area contributed by atoms with Crippen molar-refractivity contribution in [3.05, 3.63) is 0 Å². The van der Waals surface area contributed by atoms with E-state index in [1.54, 1.807) is 6.07 Å². The number of nitrogens with one attached hydrogen (secondary N) is 1. The Labute approximate surface area is 95.3 Å². The number of hydrogen-bond acceptors (Lipinski definition) is 4. The molecule has 7 heteroatoms. The predicted molar refractivity (Wildman–Crippen MR) is 58.1 cm³/mol. The Hall–Kier alpha value is -1.13. The van der Waals surface area contributed by atoms with Gasteiger partial charge in [-0.25, -0.2) is 13.1 Å². The third kappa shape index (κ3) is 8.20. The zero-order valence-corrected chi connectivity index (χ0v) is 9.96. The van der Waals surface area contributed by atoms with Crippen LogP contribution in [0.1, 0.15) is 26.2 Å². The molecule has 0 aliphatic heterocycles. The molecule has 92 valence electrons. The van der Waals surface area contributed by atoms with Crippen molar-refractivity contribution in [2.45, 2.75) is 26.2 Å². The van der Waals surface area contributed by atoms with Gasteiger partial charge in [-0.05, 0) is 18.8 Å². The molecule has 0 radical (unpaired) electrons. The minimum Gasteiger partial charge on any atom is -0.481 e. The van der Waals surface area contributed by atoms with E-state index in [2.05, 4.69) is 4.72 Å². The second-order valence-corrected chi connectivity index (χ2v) is 5.44. The van der Waals surface area contributed by atoms with Crippen LogP contribution in [-0.2, 0) is 14.8 Å². The van der Waals surface area contributed by atoms with E-state index >= 15 is 0 Å². The van der Waals surface area contributed by atoms with Crippen molar-refractivity contribution in [2.24, 2.45) is 5.92 Å². The molecule has 6 nitrogen and oxygen atoms in total. The number of carboxylic acids is 1. The zero-order chi connectivity index (χ0) is 12.6. The summed E-state index contributed by atoms with van der Waals surface area (Å²) >= 11 is 0. The highest BCUT2D eigenvalue weighted by atomic mass is 32.2. The van der Waals surface area contributed by atoms with Gasteiger partial charge in [0.1, 0.15) is 0 Å². The topological polar surface area (TPSA) is 107 Å². The summed E-state index contributed by atoms with van der Waals surface area (Å²) in [4.78, 5) is 10.3. The molecule has 0 amide bonds. The number of carboxylic acid groups (broad SMARTS) is 1. The van der Waals surface area contributed by atoms with E-state index in [1.165, 1.54) is 0 Å². The smallest absolute Gasteiger partial charge is 0.303 e. The van der Waals surface area contributed by atoms with Crippen molar-refractivity contribution < 1.29 is 18.3 Å². The van der Waals surface area contributed by atoms with E-state index in [-0.39, 0.29) is 18.9 Å². The Balaban J connectivity index is 3.74. The van der Waals surface area contributed by atoms with Gasteiger partial charge in [0.25, 0.3) is 0 Å². The van der Waals surface area contributed by atoms with Gasteiger partial charge in [-0.15, -0.1) is 0 Å². The second kappa shape index (κ2) is 7.19. The first kappa shape index (κ1) is 14.9. The SMILES string of the molecule is CC(CCNS(=O)(=O)CC#N)CCC(=O)O. The Bertz CT molecular complexity index is 358. The molecule has 0 aliphatic carbocycles. The molecule has 1 unspecified atom stereocenters. The van der Waals surface area contributed by atoms with Crippen molar-refractivity contribution in [3.63, 3.8) is 0 Å². The number of carbonyl (C=O) groups is 1. The maximum absolute atomic E-state index is 11.1. The first-order chi connectivity index (χ1) is 7.37. The highest BCUT2D eigenvalue weighted by molar-refractivity contribution is 7.89. The minimum absolute atomic E-state index is 0.0894. The van der Waals surface area contributed by atoms with Crippen LogP contribution in [0, 0.1) is 17.2 Å².